The molecule has 0 bridgehead atoms. The van der Waals surface area contributed by atoms with Crippen LogP contribution in [0.25, 0.3) is 0 Å². The van der Waals surface area contributed by atoms with Crippen LogP contribution in [0.5, 0.6) is 0 Å². The largest absolute Gasteiger partial charge is 0.379 e. The fourth-order valence-electron chi connectivity index (χ4n) is 3.34. The summed E-state index contributed by atoms with van der Waals surface area (Å²) in [4.78, 5) is 18.8. The summed E-state index contributed by atoms with van der Waals surface area (Å²) < 4.78 is 11.3. The van der Waals surface area contributed by atoms with Crippen LogP contribution in [0.2, 0.25) is 0 Å². The average molecular weight is 365 g/mol. The standard InChI is InChI=1S/C18H27N3O3S/c1-23-18(14-21-10-12-24-13-11-21,25-16-8-4-5-9-19-16)17(22)20-15-6-2-3-7-15/h4-5,8-9,15H,2-3,6-7,10-14H2,1H3,(H,20,22). The first-order valence-electron chi connectivity index (χ1n) is 8.98. The van der Waals surface area contributed by atoms with Crippen LogP contribution in [-0.2, 0) is 14.3 Å². The molecule has 2 aliphatic rings. The highest BCUT2D eigenvalue weighted by atomic mass is 32.2. The van der Waals surface area contributed by atoms with Gasteiger partial charge < -0.3 is 14.8 Å². The maximum Gasteiger partial charge on any atom is 0.264 e. The quantitative estimate of drug-likeness (QED) is 0.588. The lowest BCUT2D eigenvalue weighted by molar-refractivity contribution is -0.137. The summed E-state index contributed by atoms with van der Waals surface area (Å²) in [5.41, 5.74) is 0. The summed E-state index contributed by atoms with van der Waals surface area (Å²) in [6, 6.07) is 5.98. The minimum atomic E-state index is -1.01. The molecule has 1 atom stereocenters. The molecule has 1 aliphatic carbocycles. The Hall–Kier alpha value is -1.15. The van der Waals surface area contributed by atoms with Crippen molar-refractivity contribution in [1.29, 1.82) is 0 Å². The van der Waals surface area contributed by atoms with E-state index in [1.807, 2.05) is 18.2 Å². The van der Waals surface area contributed by atoms with Crippen LogP contribution in [0, 0.1) is 0 Å². The van der Waals surface area contributed by atoms with E-state index in [4.69, 9.17) is 9.47 Å². The molecule has 1 N–H and O–H groups in total. The number of carbonyl (C=O) groups is 1. The predicted octanol–water partition coefficient (Wildman–Crippen LogP) is 1.91. The van der Waals surface area contributed by atoms with Gasteiger partial charge in [-0.1, -0.05) is 30.7 Å². The molecule has 1 saturated carbocycles. The third-order valence-electron chi connectivity index (χ3n) is 4.81. The lowest BCUT2D eigenvalue weighted by Gasteiger charge is -2.37. The van der Waals surface area contributed by atoms with Crippen molar-refractivity contribution in [3.8, 4) is 0 Å². The predicted molar refractivity (Wildman–Crippen MR) is 97.5 cm³/mol. The third-order valence-corrected chi connectivity index (χ3v) is 6.07. The van der Waals surface area contributed by atoms with E-state index >= 15 is 0 Å². The summed E-state index contributed by atoms with van der Waals surface area (Å²) in [5.74, 6) is -0.0518. The Kier molecular flexibility index (Phi) is 6.70. The monoisotopic (exact) mass is 365 g/mol. The fourth-order valence-corrected chi connectivity index (χ4v) is 4.42. The lowest BCUT2D eigenvalue weighted by Crippen LogP contribution is -2.56. The van der Waals surface area contributed by atoms with E-state index in [0.717, 1.165) is 31.0 Å². The van der Waals surface area contributed by atoms with Crippen LogP contribution in [0.3, 0.4) is 0 Å². The minimum absolute atomic E-state index is 0.0518. The van der Waals surface area contributed by atoms with Crippen molar-refractivity contribution in [3.63, 3.8) is 0 Å². The highest BCUT2D eigenvalue weighted by molar-refractivity contribution is 8.01. The van der Waals surface area contributed by atoms with E-state index in [9.17, 15) is 4.79 Å². The molecule has 138 valence electrons. The Balaban J connectivity index is 1.77. The molecule has 3 rings (SSSR count). The normalized spacial score (nSPS) is 21.8. The Labute approximate surface area is 153 Å². The molecule has 6 nitrogen and oxygen atoms in total. The van der Waals surface area contributed by atoms with Gasteiger partial charge in [-0.15, -0.1) is 0 Å². The Morgan fingerprint density at radius 2 is 2.16 bits per heavy atom. The van der Waals surface area contributed by atoms with Crippen LogP contribution in [0.4, 0.5) is 0 Å². The summed E-state index contributed by atoms with van der Waals surface area (Å²) in [7, 11) is 1.62. The zero-order valence-corrected chi connectivity index (χ0v) is 15.6. The zero-order valence-electron chi connectivity index (χ0n) is 14.8. The number of thioether (sulfide) groups is 1. The first kappa shape index (κ1) is 18.6. The van der Waals surface area contributed by atoms with Gasteiger partial charge in [-0.2, -0.15) is 0 Å². The van der Waals surface area contributed by atoms with Gasteiger partial charge in [0.05, 0.1) is 18.2 Å². The molecule has 1 saturated heterocycles. The van der Waals surface area contributed by atoms with Crippen LogP contribution < -0.4 is 5.32 Å². The topological polar surface area (TPSA) is 63.7 Å². The number of ether oxygens (including phenoxy) is 2. The van der Waals surface area contributed by atoms with Crippen molar-refractivity contribution >= 4 is 17.7 Å². The summed E-state index contributed by atoms with van der Waals surface area (Å²) in [6.45, 7) is 3.53. The van der Waals surface area contributed by atoms with Gasteiger partial charge in [0.2, 0.25) is 4.93 Å². The van der Waals surface area contributed by atoms with Crippen LogP contribution >= 0.6 is 11.8 Å². The van der Waals surface area contributed by atoms with Gasteiger partial charge in [0.15, 0.2) is 0 Å². The van der Waals surface area contributed by atoms with Gasteiger partial charge >= 0.3 is 0 Å². The molecule has 2 fully saturated rings. The highest BCUT2D eigenvalue weighted by Gasteiger charge is 2.43. The molecule has 1 aliphatic heterocycles. The molecule has 1 aromatic rings. The van der Waals surface area contributed by atoms with Crippen molar-refractivity contribution < 1.29 is 14.3 Å². The van der Waals surface area contributed by atoms with Crippen molar-refractivity contribution in [2.24, 2.45) is 0 Å². The van der Waals surface area contributed by atoms with E-state index in [-0.39, 0.29) is 11.9 Å². The maximum atomic E-state index is 13.2. The number of pyridine rings is 1. The van der Waals surface area contributed by atoms with Crippen LogP contribution in [0.15, 0.2) is 29.4 Å². The number of rotatable bonds is 7. The first-order valence-corrected chi connectivity index (χ1v) is 9.80. The summed E-state index contributed by atoms with van der Waals surface area (Å²) in [6.07, 6.45) is 6.21. The second-order valence-corrected chi connectivity index (χ2v) is 7.85. The minimum Gasteiger partial charge on any atom is -0.379 e. The van der Waals surface area contributed by atoms with E-state index in [1.54, 1.807) is 13.3 Å². The van der Waals surface area contributed by atoms with Gasteiger partial charge in [-0.05, 0) is 25.0 Å². The molecule has 0 spiro atoms. The van der Waals surface area contributed by atoms with Crippen molar-refractivity contribution in [2.75, 3.05) is 40.0 Å². The number of hydrogen-bond acceptors (Lipinski definition) is 6. The molecule has 25 heavy (non-hydrogen) atoms. The van der Waals surface area contributed by atoms with Crippen LogP contribution in [0.1, 0.15) is 25.7 Å². The zero-order chi connectivity index (χ0) is 17.5. The number of aromatic nitrogens is 1. The van der Waals surface area contributed by atoms with Crippen molar-refractivity contribution in [3.05, 3.63) is 24.4 Å². The van der Waals surface area contributed by atoms with E-state index in [2.05, 4.69) is 15.2 Å². The number of morpholine rings is 1. The van der Waals surface area contributed by atoms with Gasteiger partial charge in [0.25, 0.3) is 5.91 Å². The molecular formula is C18H27N3O3S. The second kappa shape index (κ2) is 8.98. The average Bonchev–Trinajstić information content (AvgIpc) is 3.16. The molecule has 0 aromatic carbocycles. The Morgan fingerprint density at radius 3 is 2.80 bits per heavy atom. The first-order chi connectivity index (χ1) is 12.2. The SMILES string of the molecule is COC(CN1CCOCC1)(Sc1ccccn1)C(=O)NC1CCCC1. The highest BCUT2D eigenvalue weighted by Crippen LogP contribution is 2.34. The van der Waals surface area contributed by atoms with Gasteiger partial charge in [0.1, 0.15) is 0 Å². The summed E-state index contributed by atoms with van der Waals surface area (Å²) in [5, 5.41) is 4.00. The molecule has 1 unspecified atom stereocenters. The van der Waals surface area contributed by atoms with E-state index < -0.39 is 4.93 Å². The van der Waals surface area contributed by atoms with Gasteiger partial charge in [0, 0.05) is 39.0 Å². The van der Waals surface area contributed by atoms with Gasteiger partial charge in [-0.25, -0.2) is 4.98 Å². The number of carbonyl (C=O) groups excluding carboxylic acids is 1. The third kappa shape index (κ3) is 4.94. The fraction of sp³-hybridized carbons (Fsp3) is 0.667. The number of methoxy groups -OCH3 is 1. The molecule has 1 aromatic heterocycles. The maximum absolute atomic E-state index is 13.2. The molecule has 7 heteroatoms. The summed E-state index contributed by atoms with van der Waals surface area (Å²) >= 11 is 1.39. The second-order valence-electron chi connectivity index (χ2n) is 6.57. The molecule has 0 radical (unpaired) electrons. The van der Waals surface area contributed by atoms with Crippen LogP contribution in [-0.4, -0.2) is 66.7 Å². The van der Waals surface area contributed by atoms with Crippen molar-refractivity contribution in [1.82, 2.24) is 15.2 Å². The molecular weight excluding hydrogens is 338 g/mol. The Morgan fingerprint density at radius 1 is 1.40 bits per heavy atom. The van der Waals surface area contributed by atoms with Crippen molar-refractivity contribution in [2.45, 2.75) is 41.7 Å². The van der Waals surface area contributed by atoms with Gasteiger partial charge in [-0.3, -0.25) is 9.69 Å². The molecule has 2 heterocycles. The van der Waals surface area contributed by atoms with E-state index in [0.29, 0.717) is 19.8 Å². The smallest absolute Gasteiger partial charge is 0.264 e. The number of hydrogen-bond donors (Lipinski definition) is 1. The number of nitrogens with one attached hydrogen (secondary N) is 1. The van der Waals surface area contributed by atoms with E-state index in [1.165, 1.54) is 24.6 Å². The molecule has 1 amide bonds. The Bertz CT molecular complexity index is 548. The number of nitrogens with zero attached hydrogens (tertiary/aromatic N) is 2. The number of amides is 1. The lowest BCUT2D eigenvalue weighted by atomic mass is 10.2.